The van der Waals surface area contributed by atoms with Gasteiger partial charge < -0.3 is 0 Å². The molecule has 0 aliphatic carbocycles. The van der Waals surface area contributed by atoms with Crippen molar-refractivity contribution in [3.63, 3.8) is 0 Å². The first-order chi connectivity index (χ1) is 5.49. The van der Waals surface area contributed by atoms with E-state index in [2.05, 4.69) is 40.0 Å². The van der Waals surface area contributed by atoms with Gasteiger partial charge in [-0.25, -0.2) is 0 Å². The molecular formula is C12H18. The lowest BCUT2D eigenvalue weighted by atomic mass is 10.0. The van der Waals surface area contributed by atoms with E-state index in [4.69, 9.17) is 0 Å². The van der Waals surface area contributed by atoms with Crippen molar-refractivity contribution >= 4 is 0 Å². The predicted molar refractivity (Wildman–Crippen MR) is 57.1 cm³/mol. The fraction of sp³-hybridized carbons (Fsp3) is 0.333. The Kier molecular flexibility index (Phi) is 4.35. The number of allylic oxidation sites excluding steroid dienone is 6. The Morgan fingerprint density at radius 3 is 1.83 bits per heavy atom. The topological polar surface area (TPSA) is 0 Å². The molecule has 0 aliphatic rings. The van der Waals surface area contributed by atoms with E-state index < -0.39 is 0 Å². The Hall–Kier alpha value is -1.04. The van der Waals surface area contributed by atoms with Crippen LogP contribution < -0.4 is 0 Å². The van der Waals surface area contributed by atoms with Gasteiger partial charge >= 0.3 is 0 Å². The van der Waals surface area contributed by atoms with Crippen molar-refractivity contribution in [1.29, 1.82) is 0 Å². The molecule has 0 heterocycles. The summed E-state index contributed by atoms with van der Waals surface area (Å²) >= 11 is 0. The molecule has 0 saturated heterocycles. The lowest BCUT2D eigenvalue weighted by Crippen LogP contribution is -1.84. The van der Waals surface area contributed by atoms with Crippen LogP contribution in [0.4, 0.5) is 0 Å². The molecule has 0 saturated carbocycles. The molecule has 0 fully saturated rings. The summed E-state index contributed by atoms with van der Waals surface area (Å²) in [6.45, 7) is 15.9. The van der Waals surface area contributed by atoms with Crippen LogP contribution in [0.5, 0.6) is 0 Å². The predicted octanol–water partition coefficient (Wildman–Crippen LogP) is 4.03. The third-order valence-corrected chi connectivity index (χ3v) is 1.59. The van der Waals surface area contributed by atoms with Crippen molar-refractivity contribution in [1.82, 2.24) is 0 Å². The van der Waals surface area contributed by atoms with Crippen LogP contribution in [0.15, 0.2) is 47.6 Å². The Balaban J connectivity index is 4.98. The Morgan fingerprint density at radius 2 is 1.58 bits per heavy atom. The summed E-state index contributed by atoms with van der Waals surface area (Å²) in [5.41, 5.74) is 4.75. The molecule has 0 amide bonds. The van der Waals surface area contributed by atoms with Crippen LogP contribution in [0.1, 0.15) is 27.7 Å². The largest absolute Gasteiger partial charge is 0.0985 e. The minimum Gasteiger partial charge on any atom is -0.0985 e. The second kappa shape index (κ2) is 4.76. The summed E-state index contributed by atoms with van der Waals surface area (Å²) in [6.07, 6.45) is 4.00. The first-order valence-corrected chi connectivity index (χ1v) is 4.13. The van der Waals surface area contributed by atoms with Crippen LogP contribution in [0.2, 0.25) is 0 Å². The maximum Gasteiger partial charge on any atom is -0.0210 e. The first kappa shape index (κ1) is 11.0. The van der Waals surface area contributed by atoms with Gasteiger partial charge in [-0.05, 0) is 38.8 Å². The summed E-state index contributed by atoms with van der Waals surface area (Å²) in [7, 11) is 0. The van der Waals surface area contributed by atoms with E-state index in [0.29, 0.717) is 0 Å². The van der Waals surface area contributed by atoms with Gasteiger partial charge in [-0.2, -0.15) is 0 Å². The van der Waals surface area contributed by atoms with E-state index in [1.54, 1.807) is 0 Å². The smallest absolute Gasteiger partial charge is 0.0210 e. The molecule has 12 heavy (non-hydrogen) atoms. The van der Waals surface area contributed by atoms with Crippen LogP contribution >= 0.6 is 0 Å². The Bertz CT molecular complexity index is 245. The molecule has 0 atom stereocenters. The quantitative estimate of drug-likeness (QED) is 0.549. The number of rotatable bonds is 3. The zero-order valence-electron chi connectivity index (χ0n) is 8.57. The molecule has 0 spiro atoms. The molecule has 0 aromatic rings. The van der Waals surface area contributed by atoms with E-state index in [9.17, 15) is 0 Å². The highest BCUT2D eigenvalue weighted by molar-refractivity contribution is 5.43. The molecule has 66 valence electrons. The van der Waals surface area contributed by atoms with Gasteiger partial charge in [0.15, 0.2) is 0 Å². The van der Waals surface area contributed by atoms with Crippen LogP contribution in [0.25, 0.3) is 0 Å². The maximum atomic E-state index is 3.90. The van der Waals surface area contributed by atoms with Gasteiger partial charge in [0.1, 0.15) is 0 Å². The molecule has 0 rings (SSSR count). The van der Waals surface area contributed by atoms with Crippen LogP contribution in [-0.2, 0) is 0 Å². The van der Waals surface area contributed by atoms with Gasteiger partial charge in [-0.1, -0.05) is 36.5 Å². The zero-order chi connectivity index (χ0) is 9.72. The monoisotopic (exact) mass is 162 g/mol. The van der Waals surface area contributed by atoms with E-state index in [-0.39, 0.29) is 0 Å². The highest BCUT2D eigenvalue weighted by atomic mass is 14.0. The molecule has 0 nitrogen and oxygen atoms in total. The van der Waals surface area contributed by atoms with Crippen molar-refractivity contribution in [3.8, 4) is 0 Å². The summed E-state index contributed by atoms with van der Waals surface area (Å²) < 4.78 is 0. The van der Waals surface area contributed by atoms with Crippen molar-refractivity contribution in [2.45, 2.75) is 27.7 Å². The highest BCUT2D eigenvalue weighted by Crippen LogP contribution is 2.15. The summed E-state index contributed by atoms with van der Waals surface area (Å²) in [5.74, 6) is 0. The van der Waals surface area contributed by atoms with Gasteiger partial charge in [0.2, 0.25) is 0 Å². The summed E-state index contributed by atoms with van der Waals surface area (Å²) in [5, 5.41) is 0. The van der Waals surface area contributed by atoms with Crippen molar-refractivity contribution < 1.29 is 0 Å². The van der Waals surface area contributed by atoms with Gasteiger partial charge in [-0.3, -0.25) is 0 Å². The molecule has 0 radical (unpaired) electrons. The molecule has 0 aromatic heterocycles. The van der Waals surface area contributed by atoms with Crippen LogP contribution in [-0.4, -0.2) is 0 Å². The van der Waals surface area contributed by atoms with E-state index in [0.717, 1.165) is 11.1 Å². The van der Waals surface area contributed by atoms with Crippen LogP contribution in [0.3, 0.4) is 0 Å². The zero-order valence-corrected chi connectivity index (χ0v) is 8.57. The fourth-order valence-electron chi connectivity index (χ4n) is 1.18. The Morgan fingerprint density at radius 1 is 1.08 bits per heavy atom. The summed E-state index contributed by atoms with van der Waals surface area (Å²) in [6, 6.07) is 0. The van der Waals surface area contributed by atoms with Crippen LogP contribution in [0, 0.1) is 0 Å². The number of hydrogen-bond acceptors (Lipinski definition) is 0. The molecule has 0 aromatic carbocycles. The SMILES string of the molecule is C=C/C(C(=C)C)=C(/C)C=C(C)C. The average Bonchev–Trinajstić information content (AvgIpc) is 1.85. The highest BCUT2D eigenvalue weighted by Gasteiger charge is 1.95. The van der Waals surface area contributed by atoms with Crippen molar-refractivity contribution in [2.75, 3.05) is 0 Å². The second-order valence-electron chi connectivity index (χ2n) is 3.30. The van der Waals surface area contributed by atoms with Gasteiger partial charge in [0.05, 0.1) is 0 Å². The normalized spacial score (nSPS) is 11.7. The molecule has 0 unspecified atom stereocenters. The molecular weight excluding hydrogens is 144 g/mol. The maximum absolute atomic E-state index is 3.90. The molecule has 0 aliphatic heterocycles. The van der Waals surface area contributed by atoms with E-state index in [1.807, 2.05) is 13.0 Å². The van der Waals surface area contributed by atoms with Gasteiger partial charge in [-0.15, -0.1) is 0 Å². The minimum atomic E-state index is 1.07. The Labute approximate surface area is 76.0 Å². The van der Waals surface area contributed by atoms with Gasteiger partial charge in [0.25, 0.3) is 0 Å². The molecule has 0 N–H and O–H groups in total. The summed E-state index contributed by atoms with van der Waals surface area (Å²) in [4.78, 5) is 0. The second-order valence-corrected chi connectivity index (χ2v) is 3.30. The van der Waals surface area contributed by atoms with Crippen molar-refractivity contribution in [3.05, 3.63) is 47.6 Å². The average molecular weight is 162 g/mol. The van der Waals surface area contributed by atoms with Gasteiger partial charge in [0, 0.05) is 0 Å². The fourth-order valence-corrected chi connectivity index (χ4v) is 1.18. The first-order valence-electron chi connectivity index (χ1n) is 4.13. The third kappa shape index (κ3) is 3.38. The number of hydrogen-bond donors (Lipinski definition) is 0. The van der Waals surface area contributed by atoms with E-state index in [1.165, 1.54) is 11.1 Å². The van der Waals surface area contributed by atoms with Crippen molar-refractivity contribution in [2.24, 2.45) is 0 Å². The standard InChI is InChI=1S/C12H18/c1-7-12(10(4)5)11(6)8-9(2)3/h7-8H,1,4H2,2-3,5-6H3/b12-11+. The third-order valence-electron chi connectivity index (χ3n) is 1.59. The molecule has 0 heteroatoms. The van der Waals surface area contributed by atoms with E-state index >= 15 is 0 Å². The molecule has 0 bridgehead atoms. The lowest BCUT2D eigenvalue weighted by Gasteiger charge is -2.04. The minimum absolute atomic E-state index is 1.07. The lowest BCUT2D eigenvalue weighted by molar-refractivity contribution is 1.31.